The van der Waals surface area contributed by atoms with Gasteiger partial charge in [0.25, 0.3) is 0 Å². The smallest absolute Gasteiger partial charge is 0.189 e. The van der Waals surface area contributed by atoms with Crippen LogP contribution in [0.2, 0.25) is 5.02 Å². The predicted molar refractivity (Wildman–Crippen MR) is 85.9 cm³/mol. The van der Waals surface area contributed by atoms with Crippen LogP contribution < -0.4 is 10.7 Å². The van der Waals surface area contributed by atoms with Crippen molar-refractivity contribution in [2.45, 2.75) is 19.5 Å². The molecule has 0 amide bonds. The maximum Gasteiger partial charge on any atom is 0.189 e. The van der Waals surface area contributed by atoms with Crippen LogP contribution in [0.5, 0.6) is 0 Å². The van der Waals surface area contributed by atoms with E-state index >= 15 is 0 Å². The van der Waals surface area contributed by atoms with Gasteiger partial charge in [-0.15, -0.1) is 0 Å². The van der Waals surface area contributed by atoms with Crippen LogP contribution in [0.3, 0.4) is 0 Å². The van der Waals surface area contributed by atoms with Crippen molar-refractivity contribution in [1.82, 2.24) is 25.1 Å². The van der Waals surface area contributed by atoms with E-state index in [1.807, 2.05) is 0 Å². The molecule has 0 aliphatic carbocycles. The van der Waals surface area contributed by atoms with Crippen molar-refractivity contribution in [3.63, 3.8) is 0 Å². The third kappa shape index (κ3) is 3.35. The van der Waals surface area contributed by atoms with E-state index in [0.29, 0.717) is 22.5 Å². The summed E-state index contributed by atoms with van der Waals surface area (Å²) in [7, 11) is 0. The molecule has 2 N–H and O–H groups in total. The summed E-state index contributed by atoms with van der Waals surface area (Å²) >= 11 is 6.14. The summed E-state index contributed by atoms with van der Waals surface area (Å²) < 4.78 is 1.79. The van der Waals surface area contributed by atoms with E-state index in [9.17, 15) is 4.79 Å². The molecule has 2 heterocycles. The molecule has 3 rings (SSSR count). The van der Waals surface area contributed by atoms with E-state index in [1.54, 1.807) is 35.3 Å². The van der Waals surface area contributed by atoms with Gasteiger partial charge >= 0.3 is 0 Å². The first-order chi connectivity index (χ1) is 10.7. The molecule has 6 nitrogen and oxygen atoms in total. The number of hydrogen-bond acceptors (Lipinski definition) is 4. The number of para-hydroxylation sites is 1. The highest BCUT2D eigenvalue weighted by molar-refractivity contribution is 6.35. The number of hydrogen-bond donors (Lipinski definition) is 2. The average Bonchev–Trinajstić information content (AvgIpc) is 3.01. The summed E-state index contributed by atoms with van der Waals surface area (Å²) in [5.74, 6) is 0. The van der Waals surface area contributed by atoms with E-state index in [4.69, 9.17) is 11.6 Å². The Hall–Kier alpha value is -2.18. The van der Waals surface area contributed by atoms with Crippen molar-refractivity contribution < 1.29 is 0 Å². The second-order valence-electron chi connectivity index (χ2n) is 5.01. The van der Waals surface area contributed by atoms with Crippen LogP contribution in [0.25, 0.3) is 10.9 Å². The molecule has 3 aromatic rings. The van der Waals surface area contributed by atoms with Gasteiger partial charge in [0.15, 0.2) is 5.43 Å². The fraction of sp³-hybridized carbons (Fsp3) is 0.267. The zero-order chi connectivity index (χ0) is 15.4. The van der Waals surface area contributed by atoms with Gasteiger partial charge in [0.2, 0.25) is 0 Å². The number of pyridine rings is 1. The molecule has 0 unspecified atom stereocenters. The zero-order valence-electron chi connectivity index (χ0n) is 11.9. The highest BCUT2D eigenvalue weighted by atomic mass is 35.5. The lowest BCUT2D eigenvalue weighted by Gasteiger charge is -2.07. The summed E-state index contributed by atoms with van der Waals surface area (Å²) in [6, 6.07) is 6.94. The van der Waals surface area contributed by atoms with Crippen molar-refractivity contribution in [3.05, 3.63) is 57.9 Å². The summed E-state index contributed by atoms with van der Waals surface area (Å²) in [5.41, 5.74) is 1.50. The summed E-state index contributed by atoms with van der Waals surface area (Å²) in [5, 5.41) is 8.52. The normalized spacial score (nSPS) is 11.1. The van der Waals surface area contributed by atoms with Crippen LogP contribution in [-0.2, 0) is 13.1 Å². The van der Waals surface area contributed by atoms with Crippen molar-refractivity contribution in [2.75, 3.05) is 6.54 Å². The molecule has 0 aliphatic heterocycles. The van der Waals surface area contributed by atoms with Gasteiger partial charge in [0.05, 0.1) is 10.5 Å². The largest absolute Gasteiger partial charge is 0.356 e. The zero-order valence-corrected chi connectivity index (χ0v) is 12.7. The quantitative estimate of drug-likeness (QED) is 0.681. The molecule has 0 fully saturated rings. The molecule has 7 heteroatoms. The Morgan fingerprint density at radius 2 is 2.27 bits per heavy atom. The fourth-order valence-electron chi connectivity index (χ4n) is 2.32. The number of halogens is 1. The second-order valence-corrected chi connectivity index (χ2v) is 5.42. The molecular weight excluding hydrogens is 302 g/mol. The van der Waals surface area contributed by atoms with Crippen LogP contribution in [0.15, 0.2) is 41.7 Å². The highest BCUT2D eigenvalue weighted by Gasteiger charge is 2.04. The SMILES string of the molecule is O=c1cc(CNCCCn2cncn2)[nH]c2c(Cl)cccc12. The molecule has 114 valence electrons. The van der Waals surface area contributed by atoms with Gasteiger partial charge in [-0.3, -0.25) is 9.48 Å². The molecule has 0 radical (unpaired) electrons. The lowest BCUT2D eigenvalue weighted by atomic mass is 10.2. The van der Waals surface area contributed by atoms with Crippen molar-refractivity contribution >= 4 is 22.5 Å². The number of nitrogens with one attached hydrogen (secondary N) is 2. The van der Waals surface area contributed by atoms with E-state index in [1.165, 1.54) is 6.33 Å². The standard InChI is InChI=1S/C15H16ClN5O/c16-13-4-1-3-12-14(22)7-11(20-15(12)13)8-17-5-2-6-21-10-18-9-19-21/h1,3-4,7,9-10,17H,2,5-6,8H2,(H,20,22). The topological polar surface area (TPSA) is 75.6 Å². The summed E-state index contributed by atoms with van der Waals surface area (Å²) in [6.07, 6.45) is 4.15. The molecule has 2 aromatic heterocycles. The van der Waals surface area contributed by atoms with Gasteiger partial charge in [0, 0.05) is 30.2 Å². The van der Waals surface area contributed by atoms with Gasteiger partial charge in [-0.1, -0.05) is 17.7 Å². The number of aromatic amines is 1. The Labute approximate surface area is 132 Å². The summed E-state index contributed by atoms with van der Waals surface area (Å²) in [4.78, 5) is 19.2. The van der Waals surface area contributed by atoms with Gasteiger partial charge in [-0.2, -0.15) is 5.10 Å². The van der Waals surface area contributed by atoms with Crippen LogP contribution in [0.4, 0.5) is 0 Å². The first-order valence-corrected chi connectivity index (χ1v) is 7.45. The Morgan fingerprint density at radius 1 is 1.36 bits per heavy atom. The molecule has 0 bridgehead atoms. The number of fused-ring (bicyclic) bond motifs is 1. The lowest BCUT2D eigenvalue weighted by Crippen LogP contribution is -2.19. The molecule has 0 saturated carbocycles. The Morgan fingerprint density at radius 3 is 3.09 bits per heavy atom. The first-order valence-electron chi connectivity index (χ1n) is 7.07. The molecule has 22 heavy (non-hydrogen) atoms. The van der Waals surface area contributed by atoms with Crippen LogP contribution in [0.1, 0.15) is 12.1 Å². The predicted octanol–water partition coefficient (Wildman–Crippen LogP) is 1.95. The van der Waals surface area contributed by atoms with Gasteiger partial charge < -0.3 is 10.3 Å². The third-order valence-electron chi connectivity index (χ3n) is 3.39. The van der Waals surface area contributed by atoms with Gasteiger partial charge in [-0.25, -0.2) is 4.98 Å². The maximum absolute atomic E-state index is 12.1. The molecule has 1 aromatic carbocycles. The number of benzene rings is 1. The minimum atomic E-state index is -0.0179. The van der Waals surface area contributed by atoms with E-state index in [2.05, 4.69) is 20.4 Å². The maximum atomic E-state index is 12.1. The first kappa shape index (κ1) is 14.7. The Balaban J connectivity index is 1.60. The minimum absolute atomic E-state index is 0.0179. The van der Waals surface area contributed by atoms with Crippen LogP contribution in [0, 0.1) is 0 Å². The third-order valence-corrected chi connectivity index (χ3v) is 3.71. The van der Waals surface area contributed by atoms with E-state index < -0.39 is 0 Å². The lowest BCUT2D eigenvalue weighted by molar-refractivity contribution is 0.540. The fourth-order valence-corrected chi connectivity index (χ4v) is 2.54. The van der Waals surface area contributed by atoms with Crippen LogP contribution in [-0.4, -0.2) is 26.3 Å². The van der Waals surface area contributed by atoms with Gasteiger partial charge in [0.1, 0.15) is 12.7 Å². The molecule has 0 spiro atoms. The molecule has 0 aliphatic rings. The monoisotopic (exact) mass is 317 g/mol. The Bertz CT molecular complexity index is 812. The molecule has 0 atom stereocenters. The van der Waals surface area contributed by atoms with E-state index in [0.717, 1.165) is 25.2 Å². The van der Waals surface area contributed by atoms with Crippen molar-refractivity contribution in [1.29, 1.82) is 0 Å². The number of nitrogens with zero attached hydrogens (tertiary/aromatic N) is 3. The van der Waals surface area contributed by atoms with Crippen LogP contribution >= 0.6 is 11.6 Å². The average molecular weight is 318 g/mol. The highest BCUT2D eigenvalue weighted by Crippen LogP contribution is 2.18. The number of aryl methyl sites for hydroxylation is 1. The minimum Gasteiger partial charge on any atom is -0.356 e. The number of aromatic nitrogens is 4. The number of rotatable bonds is 6. The Kier molecular flexibility index (Phi) is 4.50. The number of H-pyrrole nitrogens is 1. The van der Waals surface area contributed by atoms with Gasteiger partial charge in [-0.05, 0) is 25.1 Å². The summed E-state index contributed by atoms with van der Waals surface area (Å²) in [6.45, 7) is 2.23. The van der Waals surface area contributed by atoms with E-state index in [-0.39, 0.29) is 5.43 Å². The molecular formula is C15H16ClN5O. The van der Waals surface area contributed by atoms with Crippen molar-refractivity contribution in [3.8, 4) is 0 Å². The second kappa shape index (κ2) is 6.72. The van der Waals surface area contributed by atoms with Crippen molar-refractivity contribution in [2.24, 2.45) is 0 Å². The molecule has 0 saturated heterocycles.